The third-order valence-corrected chi connectivity index (χ3v) is 2.16. The predicted molar refractivity (Wildman–Crippen MR) is 60.8 cm³/mol. The molecule has 0 saturated carbocycles. The van der Waals surface area contributed by atoms with Crippen LogP contribution in [0.2, 0.25) is 0 Å². The van der Waals surface area contributed by atoms with Gasteiger partial charge in [0.15, 0.2) is 0 Å². The molecule has 0 spiro atoms. The normalized spacial score (nSPS) is 14.2. The largest absolute Gasteiger partial charge is 0.387 e. The molecule has 3 heteroatoms. The van der Waals surface area contributed by atoms with Crippen molar-refractivity contribution in [2.45, 2.75) is 45.9 Å². The Morgan fingerprint density at radius 3 is 2.67 bits per heavy atom. The fourth-order valence-electron chi connectivity index (χ4n) is 1.46. The highest BCUT2D eigenvalue weighted by atomic mass is 16.5. The van der Waals surface area contributed by atoms with Crippen molar-refractivity contribution in [3.63, 3.8) is 0 Å². The zero-order chi connectivity index (χ0) is 11.5. The molecule has 0 radical (unpaired) electrons. The fraction of sp³-hybridized carbons (Fsp3) is 0.667. The number of hydrogen-bond donors (Lipinski definition) is 1. The highest BCUT2D eigenvalue weighted by Gasteiger charge is 2.11. The summed E-state index contributed by atoms with van der Waals surface area (Å²) in [5.74, 6) is 0. The van der Waals surface area contributed by atoms with E-state index in [9.17, 15) is 5.11 Å². The first kappa shape index (κ1) is 12.3. The monoisotopic (exact) mass is 211 g/mol. The maximum Gasteiger partial charge on any atom is 0.0911 e. The third kappa shape index (κ3) is 4.06. The van der Waals surface area contributed by atoms with Crippen LogP contribution in [0.25, 0.3) is 0 Å². The summed E-state index contributed by atoms with van der Waals surface area (Å²) in [6, 6.07) is 3.88. The number of rotatable bonds is 4. The molecule has 0 aliphatic carbocycles. The predicted octanol–water partition coefficient (Wildman–Crippen LogP) is 2.36. The van der Waals surface area contributed by atoms with Gasteiger partial charge in [-0.15, -0.1) is 0 Å². The van der Waals surface area contributed by atoms with Crippen LogP contribution in [0.5, 0.6) is 0 Å². The van der Waals surface area contributed by atoms with E-state index in [0.29, 0.717) is 6.61 Å². The van der Waals surface area contributed by atoms with Gasteiger partial charge in [-0.1, -0.05) is 0 Å². The lowest BCUT2D eigenvalue weighted by Gasteiger charge is -2.20. The minimum absolute atomic E-state index is 0.0991. The zero-order valence-electron chi connectivity index (χ0n) is 10.0. The van der Waals surface area contributed by atoms with Crippen molar-refractivity contribution in [2.24, 2.45) is 0 Å². The second-order valence-electron chi connectivity index (χ2n) is 4.76. The summed E-state index contributed by atoms with van der Waals surface area (Å²) in [5, 5.41) is 9.49. The smallest absolute Gasteiger partial charge is 0.0911 e. The maximum atomic E-state index is 9.49. The topological polar surface area (TPSA) is 34.4 Å². The van der Waals surface area contributed by atoms with E-state index < -0.39 is 6.10 Å². The lowest BCUT2D eigenvalue weighted by molar-refractivity contribution is -0.00745. The third-order valence-electron chi connectivity index (χ3n) is 2.16. The van der Waals surface area contributed by atoms with E-state index in [4.69, 9.17) is 4.74 Å². The molecule has 1 N–H and O–H groups in total. The Balaban J connectivity index is 2.47. The Morgan fingerprint density at radius 1 is 1.47 bits per heavy atom. The summed E-state index contributed by atoms with van der Waals surface area (Å²) in [7, 11) is 0. The van der Waals surface area contributed by atoms with Gasteiger partial charge in [-0.3, -0.25) is 0 Å². The molecule has 3 nitrogen and oxygen atoms in total. The van der Waals surface area contributed by atoms with Crippen molar-refractivity contribution in [3.05, 3.63) is 24.0 Å². The molecular weight excluding hydrogens is 190 g/mol. The van der Waals surface area contributed by atoms with Crippen molar-refractivity contribution in [1.82, 2.24) is 4.57 Å². The fourth-order valence-corrected chi connectivity index (χ4v) is 1.46. The molecule has 1 atom stereocenters. The van der Waals surface area contributed by atoms with Gasteiger partial charge < -0.3 is 14.4 Å². The number of nitrogens with zero attached hydrogens (tertiary/aromatic N) is 1. The van der Waals surface area contributed by atoms with Crippen LogP contribution < -0.4 is 0 Å². The molecule has 0 fully saturated rings. The lowest BCUT2D eigenvalue weighted by Crippen LogP contribution is -2.22. The average molecular weight is 211 g/mol. The van der Waals surface area contributed by atoms with Crippen LogP contribution in [-0.2, 0) is 11.3 Å². The molecule has 0 saturated heterocycles. The van der Waals surface area contributed by atoms with Crippen LogP contribution in [0.15, 0.2) is 18.3 Å². The Labute approximate surface area is 91.7 Å². The van der Waals surface area contributed by atoms with E-state index >= 15 is 0 Å². The first-order valence-corrected chi connectivity index (χ1v) is 5.37. The minimum Gasteiger partial charge on any atom is -0.387 e. The summed E-state index contributed by atoms with van der Waals surface area (Å²) in [5.41, 5.74) is 0.838. The molecule has 1 heterocycles. The minimum atomic E-state index is -0.422. The van der Waals surface area contributed by atoms with Crippen molar-refractivity contribution < 1.29 is 9.84 Å². The van der Waals surface area contributed by atoms with Gasteiger partial charge in [0.1, 0.15) is 0 Å². The summed E-state index contributed by atoms with van der Waals surface area (Å²) >= 11 is 0. The second kappa shape index (κ2) is 4.81. The van der Waals surface area contributed by atoms with Crippen LogP contribution >= 0.6 is 0 Å². The van der Waals surface area contributed by atoms with Gasteiger partial charge in [-0.2, -0.15) is 0 Å². The average Bonchev–Trinajstić information content (AvgIpc) is 2.49. The highest BCUT2D eigenvalue weighted by molar-refractivity contribution is 5.09. The molecule has 0 aliphatic heterocycles. The summed E-state index contributed by atoms with van der Waals surface area (Å²) < 4.78 is 7.66. The molecule has 1 rings (SSSR count). The van der Waals surface area contributed by atoms with Gasteiger partial charge in [-0.25, -0.2) is 0 Å². The van der Waals surface area contributed by atoms with Crippen LogP contribution in [0.3, 0.4) is 0 Å². The number of aliphatic hydroxyl groups is 1. The molecule has 15 heavy (non-hydrogen) atoms. The van der Waals surface area contributed by atoms with E-state index in [0.717, 1.165) is 12.2 Å². The molecule has 86 valence electrons. The Hall–Kier alpha value is -0.800. The molecule has 1 aromatic heterocycles. The van der Waals surface area contributed by atoms with Gasteiger partial charge in [-0.05, 0) is 39.8 Å². The van der Waals surface area contributed by atoms with Crippen molar-refractivity contribution in [3.8, 4) is 0 Å². The maximum absolute atomic E-state index is 9.49. The number of aromatic nitrogens is 1. The van der Waals surface area contributed by atoms with Crippen molar-refractivity contribution >= 4 is 0 Å². The van der Waals surface area contributed by atoms with E-state index in [-0.39, 0.29) is 5.60 Å². The van der Waals surface area contributed by atoms with Gasteiger partial charge in [0.05, 0.1) is 18.3 Å². The second-order valence-corrected chi connectivity index (χ2v) is 4.76. The van der Waals surface area contributed by atoms with E-state index in [1.807, 2.05) is 43.7 Å². The zero-order valence-corrected chi connectivity index (χ0v) is 10.0. The molecule has 1 aromatic rings. The molecule has 0 bridgehead atoms. The van der Waals surface area contributed by atoms with E-state index in [1.54, 1.807) is 6.92 Å². The SMILES string of the molecule is CC(O)c1cccn1CCOC(C)(C)C. The number of aliphatic hydroxyl groups excluding tert-OH is 1. The quantitative estimate of drug-likeness (QED) is 0.829. The van der Waals surface area contributed by atoms with Crippen LogP contribution in [-0.4, -0.2) is 21.9 Å². The first-order chi connectivity index (χ1) is 6.90. The van der Waals surface area contributed by atoms with Gasteiger partial charge in [0.25, 0.3) is 0 Å². The highest BCUT2D eigenvalue weighted by Crippen LogP contribution is 2.13. The van der Waals surface area contributed by atoms with Gasteiger partial charge >= 0.3 is 0 Å². The molecule has 0 aliphatic rings. The van der Waals surface area contributed by atoms with E-state index in [2.05, 4.69) is 0 Å². The molecule has 0 aromatic carbocycles. The van der Waals surface area contributed by atoms with Crippen LogP contribution in [0.4, 0.5) is 0 Å². The van der Waals surface area contributed by atoms with E-state index in [1.165, 1.54) is 0 Å². The summed E-state index contributed by atoms with van der Waals surface area (Å²) in [4.78, 5) is 0. The molecule has 1 unspecified atom stereocenters. The van der Waals surface area contributed by atoms with Crippen molar-refractivity contribution in [1.29, 1.82) is 0 Å². The Morgan fingerprint density at radius 2 is 2.13 bits per heavy atom. The van der Waals surface area contributed by atoms with Crippen molar-refractivity contribution in [2.75, 3.05) is 6.61 Å². The van der Waals surface area contributed by atoms with Crippen LogP contribution in [0, 0.1) is 0 Å². The Bertz CT molecular complexity index is 297. The number of ether oxygens (including phenoxy) is 1. The Kier molecular flexibility index (Phi) is 3.94. The molecule has 0 amide bonds. The number of hydrogen-bond acceptors (Lipinski definition) is 2. The van der Waals surface area contributed by atoms with Crippen LogP contribution in [0.1, 0.15) is 39.5 Å². The summed E-state index contributed by atoms with van der Waals surface area (Å²) in [6.45, 7) is 9.34. The van der Waals surface area contributed by atoms with Gasteiger partial charge in [0, 0.05) is 18.4 Å². The lowest BCUT2D eigenvalue weighted by atomic mass is 10.2. The van der Waals surface area contributed by atoms with Gasteiger partial charge in [0.2, 0.25) is 0 Å². The summed E-state index contributed by atoms with van der Waals surface area (Å²) in [6.07, 6.45) is 1.54. The first-order valence-electron chi connectivity index (χ1n) is 5.37. The standard InChI is InChI=1S/C12H21NO2/c1-10(14)11-6-5-7-13(11)8-9-15-12(2,3)4/h5-7,10,14H,8-9H2,1-4H3. The molecular formula is C12H21NO2.